The molecule has 1 fully saturated rings. The van der Waals surface area contributed by atoms with E-state index < -0.39 is 0 Å². The minimum absolute atomic E-state index is 0.156. The predicted molar refractivity (Wildman–Crippen MR) is 137 cm³/mol. The van der Waals surface area contributed by atoms with Crippen molar-refractivity contribution in [2.45, 2.75) is 12.8 Å². The van der Waals surface area contributed by atoms with Crippen LogP contribution in [0.3, 0.4) is 0 Å². The molecule has 8 nitrogen and oxygen atoms in total. The molecule has 176 valence electrons. The zero-order valence-corrected chi connectivity index (χ0v) is 19.5. The third-order valence-corrected chi connectivity index (χ3v) is 6.34. The lowest BCUT2D eigenvalue weighted by atomic mass is 10.1. The lowest BCUT2D eigenvalue weighted by molar-refractivity contribution is 0.237. The second-order valence-electron chi connectivity index (χ2n) is 8.59. The van der Waals surface area contributed by atoms with E-state index in [0.717, 1.165) is 62.3 Å². The number of hydrogen-bond donors (Lipinski definition) is 2. The molecular weight excluding hydrogens is 428 g/mol. The van der Waals surface area contributed by atoms with E-state index in [2.05, 4.69) is 49.4 Å². The molecule has 2 N–H and O–H groups in total. The summed E-state index contributed by atoms with van der Waals surface area (Å²) < 4.78 is 5.81. The van der Waals surface area contributed by atoms with Crippen molar-refractivity contribution in [3.05, 3.63) is 65.0 Å². The maximum absolute atomic E-state index is 11.5. The van der Waals surface area contributed by atoms with Crippen LogP contribution >= 0.6 is 0 Å². The maximum Gasteiger partial charge on any atom is 0.249 e. The van der Waals surface area contributed by atoms with Gasteiger partial charge in [-0.1, -0.05) is 12.1 Å². The average molecular weight is 459 g/mol. The zero-order chi connectivity index (χ0) is 23.3. The fourth-order valence-corrected chi connectivity index (χ4v) is 4.44. The van der Waals surface area contributed by atoms with Crippen molar-refractivity contribution in [1.29, 1.82) is 0 Å². The van der Waals surface area contributed by atoms with Crippen LogP contribution in [0.25, 0.3) is 21.9 Å². The molecule has 0 amide bonds. The van der Waals surface area contributed by atoms with E-state index in [9.17, 15) is 4.79 Å². The topological polar surface area (TPSA) is 86.4 Å². The van der Waals surface area contributed by atoms with Crippen LogP contribution < -0.4 is 20.5 Å². The number of nitrogens with zero attached hydrogens (tertiary/aromatic N) is 4. The number of hydrogen-bond acceptors (Lipinski definition) is 7. The molecule has 34 heavy (non-hydrogen) atoms. The number of aromatic amines is 1. The number of unbranched alkanes of at least 4 members (excludes halogenated alkanes) is 1. The Kier molecular flexibility index (Phi) is 6.58. The average Bonchev–Trinajstić information content (AvgIpc) is 2.88. The Morgan fingerprint density at radius 3 is 2.62 bits per heavy atom. The highest BCUT2D eigenvalue weighted by Gasteiger charge is 2.19. The van der Waals surface area contributed by atoms with E-state index in [1.807, 2.05) is 25.2 Å². The lowest BCUT2D eigenvalue weighted by Crippen LogP contribution is -2.46. The van der Waals surface area contributed by atoms with Crippen LogP contribution in [0.2, 0.25) is 0 Å². The van der Waals surface area contributed by atoms with Crippen molar-refractivity contribution in [2.24, 2.45) is 0 Å². The highest BCUT2D eigenvalue weighted by molar-refractivity contribution is 5.92. The van der Waals surface area contributed by atoms with Gasteiger partial charge in [-0.2, -0.15) is 4.98 Å². The summed E-state index contributed by atoms with van der Waals surface area (Å²) in [6, 6.07) is 17.6. The van der Waals surface area contributed by atoms with E-state index in [4.69, 9.17) is 9.72 Å². The SMILES string of the molecule is CNc1ccc2cccc(N3CCN(CCCCOc4ccc5ccc(=O)[nH]c5n4)CC3)c2n1. The summed E-state index contributed by atoms with van der Waals surface area (Å²) in [5.41, 5.74) is 2.68. The number of aromatic nitrogens is 3. The molecule has 1 aromatic carbocycles. The van der Waals surface area contributed by atoms with Gasteiger partial charge in [-0.15, -0.1) is 0 Å². The van der Waals surface area contributed by atoms with Crippen LogP contribution in [0, 0.1) is 0 Å². The summed E-state index contributed by atoms with van der Waals surface area (Å²) in [5.74, 6) is 1.45. The van der Waals surface area contributed by atoms with Crippen molar-refractivity contribution in [2.75, 3.05) is 56.6 Å². The highest BCUT2D eigenvalue weighted by Crippen LogP contribution is 2.27. The molecule has 0 radical (unpaired) electrons. The Balaban J connectivity index is 1.08. The molecule has 8 heteroatoms. The summed E-state index contributed by atoms with van der Waals surface area (Å²) in [6.07, 6.45) is 2.04. The minimum Gasteiger partial charge on any atom is -0.478 e. The van der Waals surface area contributed by atoms with Gasteiger partial charge in [0.2, 0.25) is 11.4 Å². The zero-order valence-electron chi connectivity index (χ0n) is 19.5. The smallest absolute Gasteiger partial charge is 0.249 e. The Labute approximate surface area is 198 Å². The van der Waals surface area contributed by atoms with Crippen LogP contribution in [0.4, 0.5) is 11.5 Å². The molecule has 0 spiro atoms. The van der Waals surface area contributed by atoms with E-state index in [0.29, 0.717) is 18.1 Å². The molecule has 0 bridgehead atoms. The Hall–Kier alpha value is -3.65. The summed E-state index contributed by atoms with van der Waals surface area (Å²) in [6.45, 7) is 5.77. The number of piperazine rings is 1. The number of rotatable bonds is 8. The summed E-state index contributed by atoms with van der Waals surface area (Å²) in [7, 11) is 1.90. The normalized spacial score (nSPS) is 14.6. The summed E-state index contributed by atoms with van der Waals surface area (Å²) in [4.78, 5) is 28.4. The summed E-state index contributed by atoms with van der Waals surface area (Å²) >= 11 is 0. The standard InChI is InChI=1S/C26H30N6O2/c1-27-22-10-7-19-5-4-6-21(25(19)28-22)32-16-14-31(15-17-32)13-2-3-18-34-24-12-9-20-8-11-23(33)29-26(20)30-24/h4-12H,2-3,13-18H2,1H3,(H,27,28)(H,29,30,33). The van der Waals surface area contributed by atoms with Gasteiger partial charge in [0.05, 0.1) is 17.8 Å². The second kappa shape index (κ2) is 10.1. The fraction of sp³-hybridized carbons (Fsp3) is 0.346. The number of fused-ring (bicyclic) bond motifs is 2. The van der Waals surface area contributed by atoms with Gasteiger partial charge in [-0.3, -0.25) is 9.69 Å². The number of benzene rings is 1. The molecule has 1 aliphatic rings. The van der Waals surface area contributed by atoms with E-state index >= 15 is 0 Å². The molecule has 5 rings (SSSR count). The van der Waals surface area contributed by atoms with Crippen molar-refractivity contribution >= 4 is 33.4 Å². The predicted octanol–water partition coefficient (Wildman–Crippen LogP) is 3.49. The molecule has 4 aromatic rings. The monoisotopic (exact) mass is 458 g/mol. The molecule has 1 aliphatic heterocycles. The third kappa shape index (κ3) is 4.97. The third-order valence-electron chi connectivity index (χ3n) is 6.34. The van der Waals surface area contributed by atoms with Gasteiger partial charge in [0, 0.05) is 56.1 Å². The number of para-hydroxylation sites is 1. The molecule has 0 saturated carbocycles. The molecular formula is C26H30N6O2. The Bertz CT molecular complexity index is 1330. The van der Waals surface area contributed by atoms with Crippen molar-refractivity contribution < 1.29 is 4.74 Å². The van der Waals surface area contributed by atoms with Crippen molar-refractivity contribution in [1.82, 2.24) is 19.9 Å². The molecule has 0 atom stereocenters. The minimum atomic E-state index is -0.156. The molecule has 1 saturated heterocycles. The van der Waals surface area contributed by atoms with E-state index in [-0.39, 0.29) is 5.56 Å². The Morgan fingerprint density at radius 2 is 1.76 bits per heavy atom. The molecule has 0 unspecified atom stereocenters. The molecule has 0 aliphatic carbocycles. The van der Waals surface area contributed by atoms with Crippen LogP contribution in [0.15, 0.2) is 59.4 Å². The first kappa shape index (κ1) is 22.2. The fourth-order valence-electron chi connectivity index (χ4n) is 4.44. The number of anilines is 2. The number of H-pyrrole nitrogens is 1. The van der Waals surface area contributed by atoms with Gasteiger partial charge in [-0.25, -0.2) is 4.98 Å². The van der Waals surface area contributed by atoms with Crippen LogP contribution in [0.1, 0.15) is 12.8 Å². The first-order valence-electron chi connectivity index (χ1n) is 11.9. The molecule has 3 aromatic heterocycles. The van der Waals surface area contributed by atoms with Gasteiger partial charge < -0.3 is 19.9 Å². The number of pyridine rings is 3. The second-order valence-corrected chi connectivity index (χ2v) is 8.59. The van der Waals surface area contributed by atoms with Gasteiger partial charge in [-0.05, 0) is 49.7 Å². The highest BCUT2D eigenvalue weighted by atomic mass is 16.5. The molecule has 4 heterocycles. The van der Waals surface area contributed by atoms with E-state index in [1.54, 1.807) is 6.07 Å². The van der Waals surface area contributed by atoms with Gasteiger partial charge in [0.25, 0.3) is 0 Å². The number of nitrogens with one attached hydrogen (secondary N) is 2. The van der Waals surface area contributed by atoms with Gasteiger partial charge in [0.15, 0.2) is 0 Å². The van der Waals surface area contributed by atoms with Crippen molar-refractivity contribution in [3.63, 3.8) is 0 Å². The Morgan fingerprint density at radius 1 is 0.941 bits per heavy atom. The van der Waals surface area contributed by atoms with Crippen LogP contribution in [-0.4, -0.2) is 66.2 Å². The van der Waals surface area contributed by atoms with Crippen LogP contribution in [-0.2, 0) is 0 Å². The van der Waals surface area contributed by atoms with Crippen LogP contribution in [0.5, 0.6) is 5.88 Å². The van der Waals surface area contributed by atoms with E-state index in [1.165, 1.54) is 17.1 Å². The maximum atomic E-state index is 11.5. The first-order chi connectivity index (χ1) is 16.7. The quantitative estimate of drug-likeness (QED) is 0.391. The summed E-state index contributed by atoms with van der Waals surface area (Å²) in [5, 5.41) is 5.21. The first-order valence-corrected chi connectivity index (χ1v) is 11.9. The lowest BCUT2D eigenvalue weighted by Gasteiger charge is -2.36. The van der Waals surface area contributed by atoms with Crippen molar-refractivity contribution in [3.8, 4) is 5.88 Å². The number of ether oxygens (including phenoxy) is 1. The largest absolute Gasteiger partial charge is 0.478 e. The van der Waals surface area contributed by atoms with Gasteiger partial charge >= 0.3 is 0 Å². The van der Waals surface area contributed by atoms with Gasteiger partial charge in [0.1, 0.15) is 11.5 Å².